The summed E-state index contributed by atoms with van der Waals surface area (Å²) < 4.78 is 14.2. The lowest BCUT2D eigenvalue weighted by atomic mass is 9.33. The summed E-state index contributed by atoms with van der Waals surface area (Å²) in [5, 5.41) is 58.9. The second-order valence-corrected chi connectivity index (χ2v) is 30.2. The monoisotopic (exact) mass is 1070 g/mol. The van der Waals surface area contributed by atoms with Crippen molar-refractivity contribution in [2.45, 2.75) is 183 Å². The summed E-state index contributed by atoms with van der Waals surface area (Å²) in [6.45, 7) is 2.39. The van der Waals surface area contributed by atoms with Gasteiger partial charge in [0, 0.05) is 64.2 Å². The van der Waals surface area contributed by atoms with Gasteiger partial charge in [0.2, 0.25) is 0 Å². The van der Waals surface area contributed by atoms with E-state index < -0.39 is 45.6 Å². The molecule has 0 amide bonds. The third-order valence-electron chi connectivity index (χ3n) is 25.2. The number of benzene rings is 2. The number of carbonyl (C=O) groups excluding carboxylic acids is 2. The zero-order valence-electron chi connectivity index (χ0n) is 45.0. The average molecular weight is 1070 g/mol. The first-order chi connectivity index (χ1) is 36.8. The molecule has 13 aliphatic rings. The van der Waals surface area contributed by atoms with Crippen LogP contribution in [0.1, 0.15) is 145 Å². The van der Waals surface area contributed by atoms with Gasteiger partial charge in [0.25, 0.3) is 0 Å². The molecule has 10 bridgehead atoms. The van der Waals surface area contributed by atoms with Crippen molar-refractivity contribution in [1.29, 1.82) is 0 Å². The quantitative estimate of drug-likeness (QED) is 0.0816. The number of hydrogen-bond donors (Lipinski definition) is 5. The van der Waals surface area contributed by atoms with E-state index in [9.17, 15) is 25.2 Å². The number of nitrogens with one attached hydrogen (secondary N) is 1. The van der Waals surface area contributed by atoms with E-state index in [2.05, 4.69) is 65.2 Å². The number of rotatable bonds is 6. The summed E-state index contributed by atoms with van der Waals surface area (Å²) in [5.41, 5.74) is -2.23. The lowest BCUT2D eigenvalue weighted by Gasteiger charge is -2.75. The van der Waals surface area contributed by atoms with Gasteiger partial charge < -0.3 is 40.0 Å². The van der Waals surface area contributed by atoms with Crippen molar-refractivity contribution in [3.05, 3.63) is 82.4 Å². The lowest BCUT2D eigenvalue weighted by Crippen LogP contribution is -2.83. The van der Waals surface area contributed by atoms with Crippen LogP contribution in [0.3, 0.4) is 0 Å². The van der Waals surface area contributed by atoms with Crippen LogP contribution in [0.4, 0.5) is 0 Å². The van der Waals surface area contributed by atoms with Crippen molar-refractivity contribution in [2.75, 3.05) is 18.6 Å². The third-order valence-corrected chi connectivity index (χ3v) is 27.8. The van der Waals surface area contributed by atoms with Crippen LogP contribution in [0.5, 0.6) is 0 Å². The van der Waals surface area contributed by atoms with Crippen LogP contribution in [0, 0.1) is 99.1 Å². The molecule has 2 spiro atoms. The highest BCUT2D eigenvalue weighted by atomic mass is 33.1. The fraction of sp³-hybridized carbons (Fsp3) is 0.723. The van der Waals surface area contributed by atoms with Gasteiger partial charge >= 0.3 is 5.97 Å². The largest absolute Gasteiger partial charge is 0.454 e. The Morgan fingerprint density at radius 3 is 2.53 bits per heavy atom. The van der Waals surface area contributed by atoms with Gasteiger partial charge in [0.1, 0.15) is 18.0 Å². The van der Waals surface area contributed by atoms with E-state index in [-0.39, 0.29) is 66.3 Å². The van der Waals surface area contributed by atoms with Crippen LogP contribution in [0.15, 0.2) is 60.2 Å². The zero-order valence-corrected chi connectivity index (χ0v) is 46.6. The van der Waals surface area contributed by atoms with Crippen LogP contribution >= 0.6 is 21.6 Å². The molecule has 2 aromatic carbocycles. The second kappa shape index (κ2) is 19.0. The normalized spacial score (nSPS) is 49.6. The highest BCUT2D eigenvalue weighted by Crippen LogP contribution is 2.80. The number of aldehydes is 1. The van der Waals surface area contributed by atoms with Crippen LogP contribution in [0.2, 0.25) is 0 Å². The Morgan fingerprint density at radius 2 is 1.70 bits per heavy atom. The minimum atomic E-state index is -1.71. The second-order valence-electron chi connectivity index (χ2n) is 27.7. The fourth-order valence-corrected chi connectivity index (χ4v) is 24.9. The van der Waals surface area contributed by atoms with Gasteiger partial charge in [-0.15, -0.1) is 0 Å². The van der Waals surface area contributed by atoms with E-state index in [1.165, 1.54) is 36.9 Å². The van der Waals surface area contributed by atoms with Crippen molar-refractivity contribution in [2.24, 2.45) is 87.3 Å². The summed E-state index contributed by atoms with van der Waals surface area (Å²) >= 11 is 0. The molecule has 2 saturated heterocycles. The molecule has 10 aliphatic carbocycles. The van der Waals surface area contributed by atoms with E-state index in [0.717, 1.165) is 79.4 Å². The standard InChI is InChI=1S/C65H83NO8S2/c1-38-43-17-16-41(23-43)34-75-76-35-49-27-47-24-40(15-14-39-9-4-3-5-10-39)30-60(47)36-62(37-68)55-20-22-61-21-7-6-11-42-12-8-13-45(33-67)50(42)28-54(66-2)51-26-46(57(61)52-29-56(69)74-58(51)52)31-64(61,71)63(55,70)32-48-25-44(38)18-19-53(59(60)73-49)65(48,62)72/h3-5,8-10,12-13,29,37-38,40-41,43-44,46-49,51,53-55,57-59,66-67,70-72H,7,14-28,30-36H2,1-2H3/t38-,40+,41-,43+,44+,46+,47-,48+,49+,51+,53-,54-,55+,57+,58-,59+,60+,61+,62-,63-,64+,65-/m0/s1. The molecule has 2 aromatic rings. The predicted octanol–water partition coefficient (Wildman–Crippen LogP) is 9.83. The van der Waals surface area contributed by atoms with Crippen molar-refractivity contribution < 1.29 is 39.5 Å². The molecule has 0 radical (unpaired) electrons. The van der Waals surface area contributed by atoms with Crippen LogP contribution in [-0.2, 0) is 38.5 Å². The highest BCUT2D eigenvalue weighted by molar-refractivity contribution is 8.76. The number of likely N-dealkylation sites (N-methyl/N-ethyl adjacent to an activating group) is 1. The lowest BCUT2D eigenvalue weighted by molar-refractivity contribution is -0.365. The SMILES string of the molecule is CN[C@H]1Cc2c(cccc2CO)C#CCC[C@]23CC[C@H]4[C@@](O)(C[C@H]5C[C@H]6CC[C@H]7[C@H]8O[C@@H](CSSC[C@H]9CC[C@H](C9)[C@@H]6C)C[C@@H]6C[C@@H](CCc9ccccc9)C[C@@]68C[C@@]4(C=O)[C@]57O)[C@@]2(O)C[C@H]2C[C@H]1[C@@H]1OC(=O)C=C1[C@@H]23. The number of aryl methyl sites for hydroxylation is 1. The Balaban J connectivity index is 0.925. The van der Waals surface area contributed by atoms with Crippen LogP contribution in [-0.4, -0.2) is 92.4 Å². The topological polar surface area (TPSA) is 146 Å². The molecule has 408 valence electrons. The van der Waals surface area contributed by atoms with E-state index in [4.69, 9.17) is 9.47 Å². The summed E-state index contributed by atoms with van der Waals surface area (Å²) in [7, 11) is 6.03. The number of fused-ring (bicyclic) bond motifs is 11. The molecule has 3 aliphatic heterocycles. The smallest absolute Gasteiger partial charge is 0.331 e. The Kier molecular flexibility index (Phi) is 12.8. The van der Waals surface area contributed by atoms with Gasteiger partial charge in [-0.3, -0.25) is 0 Å². The van der Waals surface area contributed by atoms with Gasteiger partial charge in [-0.1, -0.05) is 82.8 Å². The van der Waals surface area contributed by atoms with Crippen molar-refractivity contribution in [3.63, 3.8) is 0 Å². The van der Waals surface area contributed by atoms with E-state index in [1.807, 2.05) is 36.0 Å². The molecule has 11 heteroatoms. The highest BCUT2D eigenvalue weighted by Gasteiger charge is 2.85. The minimum Gasteiger partial charge on any atom is -0.454 e. The summed E-state index contributed by atoms with van der Waals surface area (Å²) in [6, 6.07) is 16.7. The van der Waals surface area contributed by atoms with Crippen LogP contribution < -0.4 is 5.32 Å². The Hall–Kier alpha value is -2.66. The molecule has 3 heterocycles. The maximum absolute atomic E-state index is 15.5. The number of aliphatic hydroxyl groups is 4. The molecule has 76 heavy (non-hydrogen) atoms. The molecular formula is C65H83NO8S2. The number of ether oxygens (including phenoxy) is 2. The van der Waals surface area contributed by atoms with Crippen molar-refractivity contribution >= 4 is 33.8 Å². The molecule has 8 saturated carbocycles. The van der Waals surface area contributed by atoms with E-state index in [0.29, 0.717) is 86.9 Å². The molecule has 22 atom stereocenters. The molecular weight excluding hydrogens is 987 g/mol. The average Bonchev–Trinajstić information content (AvgIpc) is 2.89. The number of esters is 1. The molecule has 15 rings (SSSR count). The van der Waals surface area contributed by atoms with Gasteiger partial charge in [-0.05, 0) is 211 Å². The first-order valence-electron chi connectivity index (χ1n) is 30.2. The number of carbonyl (C=O) groups is 2. The summed E-state index contributed by atoms with van der Waals surface area (Å²) in [6.07, 6.45) is 18.2. The third kappa shape index (κ3) is 7.27. The van der Waals surface area contributed by atoms with Gasteiger partial charge in [0.15, 0.2) is 0 Å². The molecule has 0 aromatic heterocycles. The maximum atomic E-state index is 15.5. The zero-order chi connectivity index (χ0) is 52.0. The van der Waals surface area contributed by atoms with Crippen LogP contribution in [0.25, 0.3) is 0 Å². The Morgan fingerprint density at radius 1 is 0.868 bits per heavy atom. The fourth-order valence-electron chi connectivity index (χ4n) is 22.2. The van der Waals surface area contributed by atoms with Crippen molar-refractivity contribution in [3.8, 4) is 11.8 Å². The van der Waals surface area contributed by atoms with Gasteiger partial charge in [-0.2, -0.15) is 0 Å². The Bertz CT molecular complexity index is 2710. The molecule has 0 unspecified atom stereocenters. The summed E-state index contributed by atoms with van der Waals surface area (Å²) in [4.78, 5) is 29.3. The van der Waals surface area contributed by atoms with E-state index >= 15 is 4.79 Å². The molecule has 5 N–H and O–H groups in total. The molecule has 9 nitrogen and oxygen atoms in total. The van der Waals surface area contributed by atoms with E-state index in [1.54, 1.807) is 6.08 Å². The maximum Gasteiger partial charge on any atom is 0.331 e. The number of hydrogen-bond acceptors (Lipinski definition) is 11. The Labute approximate surface area is 459 Å². The summed E-state index contributed by atoms with van der Waals surface area (Å²) in [5.74, 6) is 10.00. The minimum absolute atomic E-state index is 0.0676. The van der Waals surface area contributed by atoms with Gasteiger partial charge in [-0.25, -0.2) is 4.79 Å². The molecule has 10 fully saturated rings. The first-order valence-corrected chi connectivity index (χ1v) is 32.7. The number of aliphatic hydroxyl groups excluding tert-OH is 1. The van der Waals surface area contributed by atoms with Crippen molar-refractivity contribution in [1.82, 2.24) is 5.32 Å². The van der Waals surface area contributed by atoms with Gasteiger partial charge in [0.05, 0.1) is 35.4 Å². The predicted molar refractivity (Wildman–Crippen MR) is 296 cm³/mol. The first kappa shape index (κ1) is 51.5.